The molecule has 9 heteroatoms. The Balaban J connectivity index is 1.76. The summed E-state index contributed by atoms with van der Waals surface area (Å²) in [5.41, 5.74) is 0.329. The number of benzene rings is 2. The van der Waals surface area contributed by atoms with E-state index in [0.717, 1.165) is 50.2 Å². The molecule has 0 spiro atoms. The number of aromatic nitrogens is 1. The van der Waals surface area contributed by atoms with Crippen LogP contribution in [0.15, 0.2) is 64.5 Å². The van der Waals surface area contributed by atoms with Crippen LogP contribution in [0, 0.1) is 0 Å². The van der Waals surface area contributed by atoms with E-state index in [1.807, 2.05) is 12.1 Å². The molecule has 1 aliphatic rings. The van der Waals surface area contributed by atoms with Gasteiger partial charge in [-0.3, -0.25) is 4.98 Å². The Hall–Kier alpha value is -2.65. The van der Waals surface area contributed by atoms with Crippen molar-refractivity contribution in [3.05, 3.63) is 60.3 Å². The molecule has 1 saturated heterocycles. The fourth-order valence-corrected chi connectivity index (χ4v) is 5.03. The van der Waals surface area contributed by atoms with Gasteiger partial charge in [0.1, 0.15) is 0 Å². The van der Waals surface area contributed by atoms with Crippen molar-refractivity contribution in [3.63, 3.8) is 0 Å². The molecule has 0 amide bonds. The van der Waals surface area contributed by atoms with Crippen LogP contribution in [-0.4, -0.2) is 51.5 Å². The fraction of sp³-hybridized carbons (Fsp3) is 0.286. The van der Waals surface area contributed by atoms with Crippen LogP contribution in [0.25, 0.3) is 10.9 Å². The number of fused-ring (bicyclic) bond motifs is 1. The first kappa shape index (κ1) is 20.6. The number of likely N-dealkylation sites (N-methyl/N-ethyl adjacent to an activating group) is 1. The van der Waals surface area contributed by atoms with E-state index in [4.69, 9.17) is 0 Å². The molecule has 30 heavy (non-hydrogen) atoms. The maximum atomic E-state index is 13.3. The minimum atomic E-state index is -4.78. The molecule has 0 aliphatic carbocycles. The average Bonchev–Trinajstić information content (AvgIpc) is 2.73. The molecule has 2 aromatic carbocycles. The number of pyridine rings is 1. The SMILES string of the molecule is CN1CCN(c2ccc3ncc(S(=O)(=O)c4ccccc4C(F)(F)F)cc3c2)CC1. The van der Waals surface area contributed by atoms with Crippen molar-refractivity contribution in [3.8, 4) is 0 Å². The van der Waals surface area contributed by atoms with Crippen molar-refractivity contribution >= 4 is 26.4 Å². The summed E-state index contributed by atoms with van der Waals surface area (Å²) >= 11 is 0. The number of hydrogen-bond acceptors (Lipinski definition) is 5. The molecule has 1 aromatic heterocycles. The zero-order valence-electron chi connectivity index (χ0n) is 16.2. The largest absolute Gasteiger partial charge is 0.417 e. The Labute approximate surface area is 172 Å². The highest BCUT2D eigenvalue weighted by atomic mass is 32.2. The summed E-state index contributed by atoms with van der Waals surface area (Å²) in [5, 5.41) is 0.567. The van der Waals surface area contributed by atoms with Gasteiger partial charge < -0.3 is 9.80 Å². The summed E-state index contributed by atoms with van der Waals surface area (Å²) in [7, 11) is -2.34. The van der Waals surface area contributed by atoms with Gasteiger partial charge in [0.05, 0.1) is 20.9 Å². The van der Waals surface area contributed by atoms with E-state index >= 15 is 0 Å². The van der Waals surface area contributed by atoms with Gasteiger partial charge in [-0.1, -0.05) is 12.1 Å². The highest BCUT2D eigenvalue weighted by Crippen LogP contribution is 2.36. The molecule has 0 atom stereocenters. The number of nitrogens with zero attached hydrogens (tertiary/aromatic N) is 3. The topological polar surface area (TPSA) is 53.5 Å². The summed E-state index contributed by atoms with van der Waals surface area (Å²) in [6, 6.07) is 11.1. The van der Waals surface area contributed by atoms with Crippen molar-refractivity contribution in [2.45, 2.75) is 16.0 Å². The third-order valence-electron chi connectivity index (χ3n) is 5.30. The van der Waals surface area contributed by atoms with E-state index in [1.54, 1.807) is 6.07 Å². The lowest BCUT2D eigenvalue weighted by Crippen LogP contribution is -2.44. The van der Waals surface area contributed by atoms with Gasteiger partial charge in [-0.2, -0.15) is 13.2 Å². The third-order valence-corrected chi connectivity index (χ3v) is 7.08. The molecular weight excluding hydrogens is 415 g/mol. The summed E-state index contributed by atoms with van der Waals surface area (Å²) in [6.07, 6.45) is -3.66. The monoisotopic (exact) mass is 435 g/mol. The number of anilines is 1. The first-order valence-electron chi connectivity index (χ1n) is 9.41. The molecule has 0 N–H and O–H groups in total. The maximum Gasteiger partial charge on any atom is 0.417 e. The molecule has 3 aromatic rings. The first-order valence-corrected chi connectivity index (χ1v) is 10.9. The molecule has 1 fully saturated rings. The minimum Gasteiger partial charge on any atom is -0.369 e. The van der Waals surface area contributed by atoms with Gasteiger partial charge in [0, 0.05) is 43.4 Å². The molecular formula is C21H20F3N3O2S. The number of halogens is 3. The summed E-state index contributed by atoms with van der Waals surface area (Å²) < 4.78 is 66.1. The number of piperazine rings is 1. The van der Waals surface area contributed by atoms with Crippen LogP contribution in [0.3, 0.4) is 0 Å². The highest BCUT2D eigenvalue weighted by Gasteiger charge is 2.37. The molecule has 0 saturated carbocycles. The Kier molecular flexibility index (Phi) is 5.19. The van der Waals surface area contributed by atoms with Gasteiger partial charge in [0.2, 0.25) is 9.84 Å². The van der Waals surface area contributed by atoms with Crippen molar-refractivity contribution in [2.24, 2.45) is 0 Å². The lowest BCUT2D eigenvalue weighted by molar-refractivity contribution is -0.139. The van der Waals surface area contributed by atoms with Crippen LogP contribution in [0.4, 0.5) is 18.9 Å². The Bertz CT molecular complexity index is 1190. The van der Waals surface area contributed by atoms with E-state index in [2.05, 4.69) is 21.8 Å². The Morgan fingerprint density at radius 1 is 0.967 bits per heavy atom. The lowest BCUT2D eigenvalue weighted by atomic mass is 10.1. The number of sulfone groups is 1. The third kappa shape index (κ3) is 3.87. The molecule has 158 valence electrons. The van der Waals surface area contributed by atoms with Crippen LogP contribution in [0.1, 0.15) is 5.56 Å². The average molecular weight is 435 g/mol. The fourth-order valence-electron chi connectivity index (χ4n) is 3.57. The predicted octanol–water partition coefficient (Wildman–Crippen LogP) is 3.84. The van der Waals surface area contributed by atoms with Gasteiger partial charge in [-0.05, 0) is 43.4 Å². The smallest absolute Gasteiger partial charge is 0.369 e. The number of rotatable bonds is 3. The molecule has 5 nitrogen and oxygen atoms in total. The second-order valence-corrected chi connectivity index (χ2v) is 9.25. The second kappa shape index (κ2) is 7.55. The quantitative estimate of drug-likeness (QED) is 0.626. The van der Waals surface area contributed by atoms with E-state index in [1.165, 1.54) is 18.2 Å². The van der Waals surface area contributed by atoms with E-state index < -0.39 is 26.5 Å². The Morgan fingerprint density at radius 3 is 2.37 bits per heavy atom. The molecule has 1 aliphatic heterocycles. The summed E-state index contributed by atoms with van der Waals surface area (Å²) in [6.45, 7) is 3.51. The second-order valence-electron chi connectivity index (χ2n) is 7.34. The van der Waals surface area contributed by atoms with Crippen molar-refractivity contribution in [2.75, 3.05) is 38.1 Å². The standard InChI is InChI=1S/C21H20F3N3O2S/c1-26-8-10-27(11-9-26)16-6-7-19-15(12-16)13-17(14-25-19)30(28,29)20-5-3-2-4-18(20)21(22,23)24/h2-7,12-14H,8-11H2,1H3. The van der Waals surface area contributed by atoms with Crippen LogP contribution >= 0.6 is 0 Å². The summed E-state index contributed by atoms with van der Waals surface area (Å²) in [4.78, 5) is 7.56. The van der Waals surface area contributed by atoms with Crippen LogP contribution < -0.4 is 4.90 Å². The number of hydrogen-bond donors (Lipinski definition) is 0. The van der Waals surface area contributed by atoms with E-state index in [9.17, 15) is 21.6 Å². The Morgan fingerprint density at radius 2 is 1.67 bits per heavy atom. The molecule has 0 radical (unpaired) electrons. The normalized spacial score (nSPS) is 16.2. The highest BCUT2D eigenvalue weighted by molar-refractivity contribution is 7.91. The van der Waals surface area contributed by atoms with Crippen LogP contribution in [0.2, 0.25) is 0 Å². The predicted molar refractivity (Wildman–Crippen MR) is 108 cm³/mol. The van der Waals surface area contributed by atoms with Gasteiger partial charge in [-0.15, -0.1) is 0 Å². The zero-order chi connectivity index (χ0) is 21.5. The van der Waals surface area contributed by atoms with Gasteiger partial charge in [0.25, 0.3) is 0 Å². The lowest BCUT2D eigenvalue weighted by Gasteiger charge is -2.34. The molecule has 0 bridgehead atoms. The number of alkyl halides is 3. The molecule has 4 rings (SSSR count). The van der Waals surface area contributed by atoms with E-state index in [-0.39, 0.29) is 4.90 Å². The van der Waals surface area contributed by atoms with E-state index in [0.29, 0.717) is 10.9 Å². The zero-order valence-corrected chi connectivity index (χ0v) is 17.0. The minimum absolute atomic E-state index is 0.262. The van der Waals surface area contributed by atoms with Crippen LogP contribution in [0.5, 0.6) is 0 Å². The molecule has 0 unspecified atom stereocenters. The van der Waals surface area contributed by atoms with Crippen molar-refractivity contribution in [1.29, 1.82) is 0 Å². The summed E-state index contributed by atoms with van der Waals surface area (Å²) in [5.74, 6) is 0. The van der Waals surface area contributed by atoms with Crippen LogP contribution in [-0.2, 0) is 16.0 Å². The first-order chi connectivity index (χ1) is 14.2. The maximum absolute atomic E-state index is 13.3. The van der Waals surface area contributed by atoms with Crippen molar-refractivity contribution < 1.29 is 21.6 Å². The van der Waals surface area contributed by atoms with Gasteiger partial charge in [0.15, 0.2) is 0 Å². The van der Waals surface area contributed by atoms with Crippen molar-refractivity contribution in [1.82, 2.24) is 9.88 Å². The van der Waals surface area contributed by atoms with Gasteiger partial charge in [-0.25, -0.2) is 8.42 Å². The molecule has 2 heterocycles. The van der Waals surface area contributed by atoms with Gasteiger partial charge >= 0.3 is 6.18 Å².